The minimum atomic E-state index is -0.459. The number of nitrogens with zero attached hydrogens (tertiary/aromatic N) is 5. The fraction of sp³-hybridized carbons (Fsp3) is 0.818. The van der Waals surface area contributed by atoms with Crippen LogP contribution >= 0.6 is 0 Å². The summed E-state index contributed by atoms with van der Waals surface area (Å²) in [5, 5.41) is 11.0. The van der Waals surface area contributed by atoms with Gasteiger partial charge in [0.2, 0.25) is 11.8 Å². The first-order valence-electron chi connectivity index (χ1n) is 11.8. The zero-order valence-corrected chi connectivity index (χ0v) is 18.7. The maximum Gasteiger partial charge on any atom is 0.228 e. The smallest absolute Gasteiger partial charge is 0.228 e. The number of carbonyl (C=O) groups is 2. The number of rotatable bonds is 7. The van der Waals surface area contributed by atoms with E-state index in [1.165, 1.54) is 0 Å². The molecule has 3 fully saturated rings. The molecule has 0 aromatic carbocycles. The van der Waals surface area contributed by atoms with Crippen LogP contribution < -0.4 is 5.32 Å². The van der Waals surface area contributed by atoms with Crippen LogP contribution in [0.2, 0.25) is 0 Å². The monoisotopic (exact) mass is 432 g/mol. The number of fused-ring (bicyclic) bond motifs is 1. The first-order chi connectivity index (χ1) is 15.1. The molecular weight excluding hydrogens is 396 g/mol. The number of carbonyl (C=O) groups excluding carboxylic acids is 2. The average Bonchev–Trinajstić information content (AvgIpc) is 3.34. The highest BCUT2D eigenvalue weighted by molar-refractivity contribution is 5.85. The highest BCUT2D eigenvalue weighted by Gasteiger charge is 2.53. The third-order valence-electron chi connectivity index (χ3n) is 7.47. The highest BCUT2D eigenvalue weighted by Crippen LogP contribution is 2.48. The van der Waals surface area contributed by atoms with Gasteiger partial charge >= 0.3 is 0 Å². The molecule has 2 saturated heterocycles. The Bertz CT molecular complexity index is 736. The molecule has 0 radical (unpaired) electrons. The number of piperidine rings is 1. The Morgan fingerprint density at radius 1 is 1.23 bits per heavy atom. The second-order valence-electron chi connectivity index (χ2n) is 9.16. The van der Waals surface area contributed by atoms with Gasteiger partial charge in [0.15, 0.2) is 0 Å². The third kappa shape index (κ3) is 4.92. The van der Waals surface area contributed by atoms with Crippen LogP contribution in [0.25, 0.3) is 0 Å². The summed E-state index contributed by atoms with van der Waals surface area (Å²) in [5.74, 6) is 0.613. The van der Waals surface area contributed by atoms with Crippen molar-refractivity contribution in [3.63, 3.8) is 0 Å². The number of nitrogens with one attached hydrogen (secondary N) is 1. The molecule has 1 N–H and O–H groups in total. The highest BCUT2D eigenvalue weighted by atomic mass is 16.5. The minimum absolute atomic E-state index is 0.130. The molecule has 31 heavy (non-hydrogen) atoms. The van der Waals surface area contributed by atoms with Gasteiger partial charge in [0.1, 0.15) is 0 Å². The van der Waals surface area contributed by atoms with Crippen molar-refractivity contribution >= 4 is 11.8 Å². The van der Waals surface area contributed by atoms with Gasteiger partial charge in [-0.1, -0.05) is 12.1 Å². The van der Waals surface area contributed by atoms with E-state index in [9.17, 15) is 9.59 Å². The molecule has 3 heterocycles. The maximum atomic E-state index is 13.5. The largest absolute Gasteiger partial charge is 0.379 e. The molecule has 9 nitrogen and oxygen atoms in total. The Hall–Kier alpha value is -2.00. The van der Waals surface area contributed by atoms with E-state index in [0.717, 1.165) is 71.5 Å². The minimum Gasteiger partial charge on any atom is -0.379 e. The molecule has 0 spiro atoms. The first kappa shape index (κ1) is 22.2. The maximum absolute atomic E-state index is 13.5. The van der Waals surface area contributed by atoms with Gasteiger partial charge in [-0.05, 0) is 38.0 Å². The van der Waals surface area contributed by atoms with Gasteiger partial charge < -0.3 is 15.0 Å². The molecule has 0 unspecified atom stereocenters. The van der Waals surface area contributed by atoms with Crippen LogP contribution in [-0.4, -0.2) is 88.6 Å². The Labute approximate surface area is 184 Å². The number of morpholine rings is 1. The van der Waals surface area contributed by atoms with Crippen LogP contribution in [0.4, 0.5) is 0 Å². The number of likely N-dealkylation sites (tertiary alicyclic amines) is 1. The van der Waals surface area contributed by atoms with Crippen molar-refractivity contribution in [3.05, 3.63) is 12.4 Å². The molecule has 3 aliphatic rings. The van der Waals surface area contributed by atoms with Crippen LogP contribution in [0.1, 0.15) is 45.4 Å². The zero-order chi connectivity index (χ0) is 21.7. The van der Waals surface area contributed by atoms with Gasteiger partial charge in [-0.25, -0.2) is 0 Å². The molecule has 3 atom stereocenters. The SMILES string of the molecule is CCC(=O)N1CC[C@@H]2C[C@H](N3CCOCC3)CC[C@@]2(C(=O)NCCCn2ccnn2)C1. The van der Waals surface area contributed by atoms with Crippen molar-refractivity contribution in [2.24, 2.45) is 11.3 Å². The van der Waals surface area contributed by atoms with Crippen LogP contribution in [0, 0.1) is 11.3 Å². The molecule has 172 valence electrons. The Kier molecular flexibility index (Phi) is 7.22. The molecule has 2 aliphatic heterocycles. The van der Waals surface area contributed by atoms with Crippen molar-refractivity contribution in [1.29, 1.82) is 0 Å². The number of ether oxygens (including phenoxy) is 1. The van der Waals surface area contributed by atoms with E-state index in [2.05, 4.69) is 20.5 Å². The average molecular weight is 433 g/mol. The normalized spacial score (nSPS) is 29.4. The van der Waals surface area contributed by atoms with E-state index >= 15 is 0 Å². The van der Waals surface area contributed by atoms with Crippen molar-refractivity contribution in [2.45, 2.75) is 58.0 Å². The lowest BCUT2D eigenvalue weighted by Crippen LogP contribution is -2.61. The van der Waals surface area contributed by atoms with E-state index in [4.69, 9.17) is 4.74 Å². The van der Waals surface area contributed by atoms with Crippen molar-refractivity contribution in [2.75, 3.05) is 45.9 Å². The lowest BCUT2D eigenvalue weighted by atomic mass is 9.60. The summed E-state index contributed by atoms with van der Waals surface area (Å²) < 4.78 is 7.31. The van der Waals surface area contributed by atoms with Gasteiger partial charge in [0.25, 0.3) is 0 Å². The van der Waals surface area contributed by atoms with E-state index in [0.29, 0.717) is 31.5 Å². The summed E-state index contributed by atoms with van der Waals surface area (Å²) >= 11 is 0. The Morgan fingerprint density at radius 2 is 2.06 bits per heavy atom. The predicted molar refractivity (Wildman–Crippen MR) is 115 cm³/mol. The first-order valence-corrected chi connectivity index (χ1v) is 11.8. The topological polar surface area (TPSA) is 92.6 Å². The van der Waals surface area contributed by atoms with E-state index in [-0.39, 0.29) is 11.8 Å². The number of aryl methyl sites for hydroxylation is 1. The summed E-state index contributed by atoms with van der Waals surface area (Å²) in [6, 6.07) is 0.524. The van der Waals surface area contributed by atoms with Gasteiger partial charge in [0.05, 0.1) is 24.8 Å². The third-order valence-corrected chi connectivity index (χ3v) is 7.47. The fourth-order valence-corrected chi connectivity index (χ4v) is 5.69. The summed E-state index contributed by atoms with van der Waals surface area (Å²) in [4.78, 5) is 30.5. The van der Waals surface area contributed by atoms with E-state index < -0.39 is 5.41 Å². The molecule has 1 aromatic rings. The zero-order valence-electron chi connectivity index (χ0n) is 18.7. The Balaban J connectivity index is 1.41. The molecule has 1 aromatic heterocycles. The van der Waals surface area contributed by atoms with Crippen LogP contribution in [0.3, 0.4) is 0 Å². The van der Waals surface area contributed by atoms with Crippen LogP contribution in [0.15, 0.2) is 12.4 Å². The van der Waals surface area contributed by atoms with Gasteiger partial charge in [-0.2, -0.15) is 0 Å². The number of aromatic nitrogens is 3. The summed E-state index contributed by atoms with van der Waals surface area (Å²) in [5.41, 5.74) is -0.459. The predicted octanol–water partition coefficient (Wildman–Crippen LogP) is 0.914. The molecule has 9 heteroatoms. The summed E-state index contributed by atoms with van der Waals surface area (Å²) in [6.45, 7) is 8.16. The second-order valence-corrected chi connectivity index (χ2v) is 9.16. The number of hydrogen-bond donors (Lipinski definition) is 1. The molecule has 4 rings (SSSR count). The Morgan fingerprint density at radius 3 is 2.81 bits per heavy atom. The van der Waals surface area contributed by atoms with Crippen molar-refractivity contribution < 1.29 is 14.3 Å². The van der Waals surface area contributed by atoms with E-state index in [1.807, 2.05) is 18.0 Å². The summed E-state index contributed by atoms with van der Waals surface area (Å²) in [6.07, 6.45) is 8.62. The molecular formula is C22H36N6O3. The number of hydrogen-bond acceptors (Lipinski definition) is 6. The lowest BCUT2D eigenvalue weighted by Gasteiger charge is -2.53. The van der Waals surface area contributed by atoms with Crippen molar-refractivity contribution in [1.82, 2.24) is 30.1 Å². The standard InChI is InChI=1S/C22H36N6O3/c1-2-20(29)27-10-5-18-16-19(26-12-14-31-15-13-26)4-6-22(18,17-27)21(30)23-7-3-9-28-11-8-24-25-28/h8,11,18-19H,2-7,9-10,12-17H2,1H3,(H,23,30)/t18-,19-,22-/m1/s1. The fourth-order valence-electron chi connectivity index (χ4n) is 5.69. The quantitative estimate of drug-likeness (QED) is 0.644. The van der Waals surface area contributed by atoms with E-state index in [1.54, 1.807) is 10.9 Å². The molecule has 1 saturated carbocycles. The van der Waals surface area contributed by atoms with Gasteiger partial charge in [-0.15, -0.1) is 5.10 Å². The lowest BCUT2D eigenvalue weighted by molar-refractivity contribution is -0.151. The number of amides is 2. The van der Waals surface area contributed by atoms with Crippen LogP contribution in [0.5, 0.6) is 0 Å². The van der Waals surface area contributed by atoms with Crippen LogP contribution in [-0.2, 0) is 20.9 Å². The van der Waals surface area contributed by atoms with Gasteiger partial charge in [0, 0.05) is 57.9 Å². The summed E-state index contributed by atoms with van der Waals surface area (Å²) in [7, 11) is 0. The molecule has 1 aliphatic carbocycles. The molecule has 2 amide bonds. The molecule has 0 bridgehead atoms. The second kappa shape index (κ2) is 10.1. The van der Waals surface area contributed by atoms with Gasteiger partial charge in [-0.3, -0.25) is 19.2 Å². The van der Waals surface area contributed by atoms with Crippen molar-refractivity contribution in [3.8, 4) is 0 Å².